The number of nitrogens with zero attached hydrogens (tertiary/aromatic N) is 1. The van der Waals surface area contributed by atoms with Crippen molar-refractivity contribution in [3.8, 4) is 0 Å². The van der Waals surface area contributed by atoms with E-state index < -0.39 is 5.54 Å². The smallest absolute Gasteiger partial charge is 0.251 e. The van der Waals surface area contributed by atoms with Crippen LogP contribution in [0.1, 0.15) is 5.56 Å². The van der Waals surface area contributed by atoms with Gasteiger partial charge in [-0.1, -0.05) is 12.1 Å². The van der Waals surface area contributed by atoms with Crippen LogP contribution in [0.25, 0.3) is 0 Å². The van der Waals surface area contributed by atoms with E-state index in [1.54, 1.807) is 19.0 Å². The Bertz CT molecular complexity index is 422. The average molecular weight is 234 g/mol. The Labute approximate surface area is 102 Å². The quantitative estimate of drug-likeness (QED) is 0.846. The number of hydrogen-bond acceptors (Lipinski definition) is 3. The van der Waals surface area contributed by atoms with Crippen LogP contribution < -0.4 is 10.2 Å². The molecule has 1 heterocycles. The molecule has 1 aromatic carbocycles. The van der Waals surface area contributed by atoms with Crippen molar-refractivity contribution in [1.82, 2.24) is 5.32 Å². The molecule has 1 N–H and O–H groups in total. The average Bonchev–Trinajstić information content (AvgIpc) is 2.27. The number of benzene rings is 1. The lowest BCUT2D eigenvalue weighted by Gasteiger charge is -2.41. The molecule has 4 nitrogen and oxygen atoms in total. The molecule has 0 atom stereocenters. The van der Waals surface area contributed by atoms with Crippen molar-refractivity contribution in [3.63, 3.8) is 0 Å². The third kappa shape index (κ3) is 2.06. The van der Waals surface area contributed by atoms with Crippen LogP contribution in [-0.4, -0.2) is 38.8 Å². The van der Waals surface area contributed by atoms with E-state index in [1.165, 1.54) is 0 Å². The fourth-order valence-corrected chi connectivity index (χ4v) is 1.96. The van der Waals surface area contributed by atoms with E-state index in [1.807, 2.05) is 31.2 Å². The summed E-state index contributed by atoms with van der Waals surface area (Å²) >= 11 is 0. The van der Waals surface area contributed by atoms with E-state index in [0.717, 1.165) is 11.3 Å². The summed E-state index contributed by atoms with van der Waals surface area (Å²) in [6.07, 6.45) is 0. The first-order valence-corrected chi connectivity index (χ1v) is 5.70. The van der Waals surface area contributed by atoms with Gasteiger partial charge in [-0.15, -0.1) is 0 Å². The topological polar surface area (TPSA) is 41.6 Å². The molecule has 17 heavy (non-hydrogen) atoms. The van der Waals surface area contributed by atoms with E-state index in [9.17, 15) is 4.79 Å². The Balaban J connectivity index is 2.20. The van der Waals surface area contributed by atoms with Gasteiger partial charge in [-0.05, 0) is 31.7 Å². The standard InChI is InChI=1S/C13H18N2O2/c1-10-5-4-6-11(7-10)15(3)12(16)13(14-2)8-17-9-13/h4-7,14H,8-9H2,1-3H3. The van der Waals surface area contributed by atoms with Crippen LogP contribution >= 0.6 is 0 Å². The molecule has 0 spiro atoms. The number of carbonyl (C=O) groups is 1. The molecule has 1 aliphatic rings. The van der Waals surface area contributed by atoms with Crippen molar-refractivity contribution < 1.29 is 9.53 Å². The number of nitrogens with one attached hydrogen (secondary N) is 1. The van der Waals surface area contributed by atoms with Gasteiger partial charge < -0.3 is 15.0 Å². The predicted molar refractivity (Wildman–Crippen MR) is 67.2 cm³/mol. The number of hydrogen-bond donors (Lipinski definition) is 1. The van der Waals surface area contributed by atoms with Crippen molar-refractivity contribution in [2.24, 2.45) is 0 Å². The first kappa shape index (κ1) is 12.1. The lowest BCUT2D eigenvalue weighted by atomic mass is 9.95. The Morgan fingerprint density at radius 1 is 1.47 bits per heavy atom. The first-order chi connectivity index (χ1) is 8.09. The van der Waals surface area contributed by atoms with Crippen LogP contribution in [-0.2, 0) is 9.53 Å². The minimum absolute atomic E-state index is 0.0526. The summed E-state index contributed by atoms with van der Waals surface area (Å²) in [6.45, 7) is 2.90. The van der Waals surface area contributed by atoms with Crippen LogP contribution in [0.4, 0.5) is 5.69 Å². The molecule has 0 aliphatic carbocycles. The summed E-state index contributed by atoms with van der Waals surface area (Å²) in [4.78, 5) is 14.1. The van der Waals surface area contributed by atoms with E-state index in [2.05, 4.69) is 5.32 Å². The van der Waals surface area contributed by atoms with Gasteiger partial charge in [0.2, 0.25) is 0 Å². The summed E-state index contributed by atoms with van der Waals surface area (Å²) in [5, 5.41) is 3.06. The van der Waals surface area contributed by atoms with E-state index in [0.29, 0.717) is 13.2 Å². The zero-order valence-electron chi connectivity index (χ0n) is 10.5. The number of rotatable bonds is 3. The molecule has 92 valence electrons. The highest BCUT2D eigenvalue weighted by Gasteiger charge is 2.46. The second-order valence-corrected chi connectivity index (χ2v) is 4.53. The summed E-state index contributed by atoms with van der Waals surface area (Å²) in [5.74, 6) is 0.0526. The number of anilines is 1. The minimum atomic E-state index is -0.543. The molecule has 1 aliphatic heterocycles. The molecular formula is C13H18N2O2. The Morgan fingerprint density at radius 2 is 2.18 bits per heavy atom. The van der Waals surface area contributed by atoms with Crippen LogP contribution in [0.2, 0.25) is 0 Å². The molecule has 0 aromatic heterocycles. The van der Waals surface area contributed by atoms with Gasteiger partial charge in [0.1, 0.15) is 5.54 Å². The largest absolute Gasteiger partial charge is 0.376 e. The van der Waals surface area contributed by atoms with E-state index >= 15 is 0 Å². The van der Waals surface area contributed by atoms with Crippen molar-refractivity contribution in [3.05, 3.63) is 29.8 Å². The van der Waals surface area contributed by atoms with Crippen LogP contribution in [0.3, 0.4) is 0 Å². The van der Waals surface area contributed by atoms with Gasteiger partial charge in [-0.2, -0.15) is 0 Å². The van der Waals surface area contributed by atoms with E-state index in [-0.39, 0.29) is 5.91 Å². The van der Waals surface area contributed by atoms with Gasteiger partial charge in [-0.3, -0.25) is 4.79 Å². The summed E-state index contributed by atoms with van der Waals surface area (Å²) in [6, 6.07) is 7.91. The van der Waals surface area contributed by atoms with Gasteiger partial charge in [0.25, 0.3) is 5.91 Å². The Morgan fingerprint density at radius 3 is 2.65 bits per heavy atom. The third-order valence-corrected chi connectivity index (χ3v) is 3.28. The molecule has 1 aromatic rings. The fourth-order valence-electron chi connectivity index (χ4n) is 1.96. The van der Waals surface area contributed by atoms with Crippen molar-refractivity contribution >= 4 is 11.6 Å². The maximum Gasteiger partial charge on any atom is 0.251 e. The number of amides is 1. The second kappa shape index (κ2) is 4.47. The summed E-state index contributed by atoms with van der Waals surface area (Å²) in [5.41, 5.74) is 1.51. The highest BCUT2D eigenvalue weighted by molar-refractivity contribution is 6.00. The fraction of sp³-hybridized carbons (Fsp3) is 0.462. The first-order valence-electron chi connectivity index (χ1n) is 5.70. The predicted octanol–water partition coefficient (Wildman–Crippen LogP) is 0.946. The van der Waals surface area contributed by atoms with Gasteiger partial charge in [0.15, 0.2) is 0 Å². The van der Waals surface area contributed by atoms with E-state index in [4.69, 9.17) is 4.74 Å². The van der Waals surface area contributed by atoms with Crippen LogP contribution in [0.15, 0.2) is 24.3 Å². The van der Waals surface area contributed by atoms with Gasteiger partial charge in [-0.25, -0.2) is 0 Å². The molecule has 1 fully saturated rings. The van der Waals surface area contributed by atoms with Crippen molar-refractivity contribution in [2.45, 2.75) is 12.5 Å². The molecule has 2 rings (SSSR count). The monoisotopic (exact) mass is 234 g/mol. The Hall–Kier alpha value is -1.39. The summed E-state index contributed by atoms with van der Waals surface area (Å²) in [7, 11) is 3.60. The maximum atomic E-state index is 12.4. The highest BCUT2D eigenvalue weighted by Crippen LogP contribution is 2.23. The lowest BCUT2D eigenvalue weighted by molar-refractivity contribution is -0.144. The third-order valence-electron chi connectivity index (χ3n) is 3.28. The minimum Gasteiger partial charge on any atom is -0.376 e. The molecule has 1 saturated heterocycles. The van der Waals surface area contributed by atoms with Gasteiger partial charge in [0.05, 0.1) is 13.2 Å². The number of aryl methyl sites for hydroxylation is 1. The molecule has 0 bridgehead atoms. The number of likely N-dealkylation sites (N-methyl/N-ethyl adjacent to an activating group) is 2. The van der Waals surface area contributed by atoms with Crippen molar-refractivity contribution in [2.75, 3.05) is 32.2 Å². The molecule has 4 heteroatoms. The molecule has 0 saturated carbocycles. The molecule has 0 radical (unpaired) electrons. The maximum absolute atomic E-state index is 12.4. The Kier molecular flexibility index (Phi) is 3.17. The van der Waals surface area contributed by atoms with Gasteiger partial charge >= 0.3 is 0 Å². The number of ether oxygens (including phenoxy) is 1. The second-order valence-electron chi connectivity index (χ2n) is 4.53. The van der Waals surface area contributed by atoms with Crippen LogP contribution in [0, 0.1) is 6.92 Å². The molecule has 0 unspecified atom stereocenters. The zero-order valence-corrected chi connectivity index (χ0v) is 10.5. The van der Waals surface area contributed by atoms with Crippen LogP contribution in [0.5, 0.6) is 0 Å². The molecule has 1 amide bonds. The number of carbonyl (C=O) groups excluding carboxylic acids is 1. The van der Waals surface area contributed by atoms with Gasteiger partial charge in [0, 0.05) is 12.7 Å². The normalized spacial score (nSPS) is 17.4. The lowest BCUT2D eigenvalue weighted by Crippen LogP contribution is -2.68. The SMILES string of the molecule is CNC1(C(=O)N(C)c2cccc(C)c2)COC1. The summed E-state index contributed by atoms with van der Waals surface area (Å²) < 4.78 is 5.15. The molecular weight excluding hydrogens is 216 g/mol. The highest BCUT2D eigenvalue weighted by atomic mass is 16.5. The van der Waals surface area contributed by atoms with Crippen molar-refractivity contribution in [1.29, 1.82) is 0 Å². The zero-order chi connectivity index (χ0) is 12.5.